The Bertz CT molecular complexity index is 1410. The number of rotatable bonds is 17. The van der Waals surface area contributed by atoms with Gasteiger partial charge in [-0.15, -0.1) is 0 Å². The summed E-state index contributed by atoms with van der Waals surface area (Å²) in [4.78, 5) is 29.4. The van der Waals surface area contributed by atoms with Crippen LogP contribution >= 0.6 is 0 Å². The number of carbonyl (C=O) groups is 2. The van der Waals surface area contributed by atoms with Gasteiger partial charge in [0.2, 0.25) is 21.8 Å². The quantitative estimate of drug-likeness (QED) is 0.218. The number of carbonyl (C=O) groups excluding carboxylic acids is 2. The van der Waals surface area contributed by atoms with Crippen molar-refractivity contribution in [2.24, 2.45) is 0 Å². The van der Waals surface area contributed by atoms with Gasteiger partial charge in [0.15, 0.2) is 0 Å². The summed E-state index contributed by atoms with van der Waals surface area (Å²) >= 11 is 0. The monoisotopic (exact) mass is 605 g/mol. The molecule has 43 heavy (non-hydrogen) atoms. The molecule has 1 aliphatic rings. The zero-order valence-corrected chi connectivity index (χ0v) is 25.9. The Balaban J connectivity index is 1.49. The van der Waals surface area contributed by atoms with Crippen molar-refractivity contribution in [1.29, 1.82) is 0 Å². The first kappa shape index (κ1) is 32.4. The third-order valence-corrected chi connectivity index (χ3v) is 8.84. The number of nitrogens with zero attached hydrogens (tertiary/aromatic N) is 1. The highest BCUT2D eigenvalue weighted by Gasteiger charge is 2.30. The normalized spacial score (nSPS) is 13.9. The number of hydrogen-bond donors (Lipinski definition) is 2. The fourth-order valence-electron chi connectivity index (χ4n) is 4.77. The number of ether oxygens (including phenoxy) is 1. The molecule has 2 N–H and O–H groups in total. The summed E-state index contributed by atoms with van der Waals surface area (Å²) in [5.41, 5.74) is 2.76. The first-order chi connectivity index (χ1) is 20.7. The SMILES string of the molecule is CC(C)OCCCNC(=O)[C@H](Cc1ccccc1)N(Cc1ccccc1)C(=O)CCc1ccc(S(=O)(=O)NC2CC2)cc1. The molecule has 3 aromatic carbocycles. The topological polar surface area (TPSA) is 105 Å². The van der Waals surface area contributed by atoms with Crippen LogP contribution in [0.3, 0.4) is 0 Å². The maximum atomic E-state index is 13.9. The molecule has 1 atom stereocenters. The maximum absolute atomic E-state index is 13.9. The number of aryl methyl sites for hydroxylation is 1. The van der Waals surface area contributed by atoms with Crippen molar-refractivity contribution < 1.29 is 22.7 Å². The van der Waals surface area contributed by atoms with E-state index < -0.39 is 16.1 Å². The fraction of sp³-hybridized carbons (Fsp3) is 0.412. The minimum atomic E-state index is -3.54. The summed E-state index contributed by atoms with van der Waals surface area (Å²) in [6, 6.07) is 25.4. The molecule has 8 nitrogen and oxygen atoms in total. The highest BCUT2D eigenvalue weighted by Crippen LogP contribution is 2.23. The van der Waals surface area contributed by atoms with E-state index in [1.807, 2.05) is 74.5 Å². The number of sulfonamides is 1. The molecule has 0 aromatic heterocycles. The van der Waals surface area contributed by atoms with E-state index in [1.165, 1.54) is 0 Å². The van der Waals surface area contributed by atoms with Crippen molar-refractivity contribution >= 4 is 21.8 Å². The Morgan fingerprint density at radius 1 is 0.884 bits per heavy atom. The van der Waals surface area contributed by atoms with E-state index in [0.29, 0.717) is 39.0 Å². The van der Waals surface area contributed by atoms with E-state index in [1.54, 1.807) is 29.2 Å². The molecule has 1 aliphatic carbocycles. The number of nitrogens with one attached hydrogen (secondary N) is 2. The van der Waals surface area contributed by atoms with Gasteiger partial charge in [-0.3, -0.25) is 9.59 Å². The molecule has 1 saturated carbocycles. The van der Waals surface area contributed by atoms with Crippen LogP contribution in [0.25, 0.3) is 0 Å². The molecule has 0 bridgehead atoms. The lowest BCUT2D eigenvalue weighted by molar-refractivity contribution is -0.141. The fourth-order valence-corrected chi connectivity index (χ4v) is 6.08. The number of benzene rings is 3. The molecule has 0 unspecified atom stereocenters. The lowest BCUT2D eigenvalue weighted by Crippen LogP contribution is -2.50. The van der Waals surface area contributed by atoms with E-state index in [4.69, 9.17) is 4.74 Å². The molecule has 9 heteroatoms. The first-order valence-electron chi connectivity index (χ1n) is 15.1. The average molecular weight is 606 g/mol. The lowest BCUT2D eigenvalue weighted by Gasteiger charge is -2.31. The van der Waals surface area contributed by atoms with Crippen LogP contribution in [-0.4, -0.2) is 56.5 Å². The summed E-state index contributed by atoms with van der Waals surface area (Å²) in [6.45, 7) is 5.25. The highest BCUT2D eigenvalue weighted by atomic mass is 32.2. The molecule has 230 valence electrons. The zero-order valence-electron chi connectivity index (χ0n) is 25.1. The number of hydrogen-bond acceptors (Lipinski definition) is 5. The summed E-state index contributed by atoms with van der Waals surface area (Å²) in [6.07, 6.45) is 3.53. The summed E-state index contributed by atoms with van der Waals surface area (Å²) < 4.78 is 33.4. The van der Waals surface area contributed by atoms with Gasteiger partial charge in [-0.1, -0.05) is 72.8 Å². The van der Waals surface area contributed by atoms with E-state index in [9.17, 15) is 18.0 Å². The smallest absolute Gasteiger partial charge is 0.243 e. The predicted molar refractivity (Wildman–Crippen MR) is 168 cm³/mol. The lowest BCUT2D eigenvalue weighted by atomic mass is 10.0. The van der Waals surface area contributed by atoms with Gasteiger partial charge >= 0.3 is 0 Å². The summed E-state index contributed by atoms with van der Waals surface area (Å²) in [7, 11) is -3.54. The van der Waals surface area contributed by atoms with Gasteiger partial charge in [0.05, 0.1) is 11.0 Å². The zero-order chi connectivity index (χ0) is 30.7. The van der Waals surface area contributed by atoms with Crippen LogP contribution in [0.5, 0.6) is 0 Å². The van der Waals surface area contributed by atoms with Crippen LogP contribution in [0, 0.1) is 0 Å². The van der Waals surface area contributed by atoms with Gasteiger partial charge < -0.3 is 15.0 Å². The van der Waals surface area contributed by atoms with Crippen LogP contribution in [0.15, 0.2) is 89.8 Å². The predicted octanol–water partition coefficient (Wildman–Crippen LogP) is 4.63. The van der Waals surface area contributed by atoms with Gasteiger partial charge in [0.1, 0.15) is 6.04 Å². The standard InChI is InChI=1S/C34H43N3O5S/c1-26(2)42-23-9-22-35-34(39)32(24-28-10-5-3-6-11-28)37(25-29-12-7-4-8-13-29)33(38)21-16-27-14-19-31(20-15-27)43(40,41)36-30-17-18-30/h3-8,10-15,19-20,26,30,32,36H,9,16-18,21-25H2,1-2H3,(H,35,39)/t32-/m0/s1. The van der Waals surface area contributed by atoms with Gasteiger partial charge in [-0.2, -0.15) is 0 Å². The van der Waals surface area contributed by atoms with Crippen LogP contribution < -0.4 is 10.0 Å². The molecule has 0 radical (unpaired) electrons. The Morgan fingerprint density at radius 2 is 1.51 bits per heavy atom. The van der Waals surface area contributed by atoms with Crippen molar-refractivity contribution in [1.82, 2.24) is 14.9 Å². The summed E-state index contributed by atoms with van der Waals surface area (Å²) in [5.74, 6) is -0.342. The van der Waals surface area contributed by atoms with E-state index in [0.717, 1.165) is 29.5 Å². The molecule has 3 aromatic rings. The highest BCUT2D eigenvalue weighted by molar-refractivity contribution is 7.89. The molecule has 4 rings (SSSR count). The number of amides is 2. The maximum Gasteiger partial charge on any atom is 0.243 e. The molecule has 0 aliphatic heterocycles. The molecular formula is C34H43N3O5S. The average Bonchev–Trinajstić information content (AvgIpc) is 3.82. The second-order valence-corrected chi connectivity index (χ2v) is 13.0. The third kappa shape index (κ3) is 10.6. The molecular weight excluding hydrogens is 562 g/mol. The largest absolute Gasteiger partial charge is 0.379 e. The van der Waals surface area contributed by atoms with Crippen molar-refractivity contribution in [3.8, 4) is 0 Å². The minimum Gasteiger partial charge on any atom is -0.379 e. The van der Waals surface area contributed by atoms with Crippen LogP contribution in [0.1, 0.15) is 56.2 Å². The summed E-state index contributed by atoms with van der Waals surface area (Å²) in [5, 5.41) is 3.03. The van der Waals surface area contributed by atoms with Gasteiger partial charge in [0.25, 0.3) is 0 Å². The molecule has 0 heterocycles. The third-order valence-electron chi connectivity index (χ3n) is 7.30. The Labute approximate surface area is 255 Å². The van der Waals surface area contributed by atoms with E-state index in [-0.39, 0.29) is 35.3 Å². The van der Waals surface area contributed by atoms with E-state index >= 15 is 0 Å². The minimum absolute atomic E-state index is 0.0345. The van der Waals surface area contributed by atoms with Gasteiger partial charge in [-0.25, -0.2) is 13.1 Å². The first-order valence-corrected chi connectivity index (χ1v) is 16.6. The second-order valence-electron chi connectivity index (χ2n) is 11.3. The molecule has 1 fully saturated rings. The molecule has 2 amide bonds. The molecule has 0 saturated heterocycles. The Morgan fingerprint density at radius 3 is 2.12 bits per heavy atom. The van der Waals surface area contributed by atoms with Crippen LogP contribution in [0.2, 0.25) is 0 Å². The molecule has 0 spiro atoms. The van der Waals surface area contributed by atoms with Crippen molar-refractivity contribution in [2.45, 2.75) is 82.0 Å². The van der Waals surface area contributed by atoms with Gasteiger partial charge in [-0.05, 0) is 68.4 Å². The van der Waals surface area contributed by atoms with Crippen LogP contribution in [0.4, 0.5) is 0 Å². The Kier molecular flexibility index (Phi) is 11.9. The van der Waals surface area contributed by atoms with Crippen molar-refractivity contribution in [3.63, 3.8) is 0 Å². The van der Waals surface area contributed by atoms with Crippen LogP contribution in [-0.2, 0) is 43.7 Å². The second kappa shape index (κ2) is 15.8. The van der Waals surface area contributed by atoms with E-state index in [2.05, 4.69) is 10.0 Å². The van der Waals surface area contributed by atoms with Gasteiger partial charge in [0, 0.05) is 38.6 Å². The Hall–Kier alpha value is -3.53. The van der Waals surface area contributed by atoms with Crippen molar-refractivity contribution in [2.75, 3.05) is 13.2 Å². The van der Waals surface area contributed by atoms with Crippen molar-refractivity contribution in [3.05, 3.63) is 102 Å².